The monoisotopic (exact) mass is 225 g/mol. The van der Waals surface area contributed by atoms with E-state index in [4.69, 9.17) is 10.3 Å². The second-order valence-corrected chi connectivity index (χ2v) is 4.28. The molecule has 0 saturated heterocycles. The van der Waals surface area contributed by atoms with Crippen LogP contribution in [0, 0.1) is 0 Å². The average molecular weight is 225 g/mol. The molecule has 0 aliphatic rings. The van der Waals surface area contributed by atoms with E-state index in [1.807, 2.05) is 6.92 Å². The smallest absolute Gasteiger partial charge is 0.229 e. The minimum Gasteiger partial charge on any atom is -0.339 e. The summed E-state index contributed by atoms with van der Waals surface area (Å²) < 4.78 is 5.31. The van der Waals surface area contributed by atoms with Gasteiger partial charge in [0.15, 0.2) is 5.82 Å². The fourth-order valence-corrected chi connectivity index (χ4v) is 1.83. The number of rotatable bonds is 7. The molecular weight excluding hydrogens is 202 g/mol. The molecule has 1 aromatic heterocycles. The molecule has 0 bridgehead atoms. The quantitative estimate of drug-likeness (QED) is 0.774. The van der Waals surface area contributed by atoms with Crippen molar-refractivity contribution in [2.45, 2.75) is 64.8 Å². The highest BCUT2D eigenvalue weighted by atomic mass is 16.5. The van der Waals surface area contributed by atoms with Gasteiger partial charge < -0.3 is 10.3 Å². The molecular formula is C12H23N3O. The van der Waals surface area contributed by atoms with E-state index in [0.29, 0.717) is 11.7 Å². The Hall–Kier alpha value is -0.900. The summed E-state index contributed by atoms with van der Waals surface area (Å²) >= 11 is 0. The van der Waals surface area contributed by atoms with Gasteiger partial charge in [-0.2, -0.15) is 4.98 Å². The second-order valence-electron chi connectivity index (χ2n) is 4.28. The number of hydrogen-bond donors (Lipinski definition) is 1. The predicted octanol–water partition coefficient (Wildman–Crippen LogP) is 3.16. The van der Waals surface area contributed by atoms with Gasteiger partial charge in [-0.25, -0.2) is 0 Å². The lowest BCUT2D eigenvalue weighted by Gasteiger charge is -2.09. The van der Waals surface area contributed by atoms with Crippen LogP contribution in [0.25, 0.3) is 0 Å². The summed E-state index contributed by atoms with van der Waals surface area (Å²) in [6.07, 6.45) is 5.34. The summed E-state index contributed by atoms with van der Waals surface area (Å²) in [6.45, 7) is 6.38. The third-order valence-electron chi connectivity index (χ3n) is 2.85. The van der Waals surface area contributed by atoms with Crippen LogP contribution >= 0.6 is 0 Å². The Balaban J connectivity index is 2.72. The molecule has 0 amide bonds. The molecule has 1 aromatic rings. The highest BCUT2D eigenvalue weighted by molar-refractivity contribution is 4.97. The molecule has 0 aliphatic carbocycles. The SMILES string of the molecule is CCCC(CCC)c1nc(C(N)CC)no1. The summed E-state index contributed by atoms with van der Waals surface area (Å²) in [4.78, 5) is 4.42. The molecule has 1 heterocycles. The number of nitrogens with zero attached hydrogens (tertiary/aromatic N) is 2. The molecule has 0 radical (unpaired) electrons. The summed E-state index contributed by atoms with van der Waals surface area (Å²) in [7, 11) is 0. The van der Waals surface area contributed by atoms with Gasteiger partial charge in [-0.15, -0.1) is 0 Å². The fourth-order valence-electron chi connectivity index (χ4n) is 1.83. The normalized spacial score (nSPS) is 13.3. The zero-order valence-electron chi connectivity index (χ0n) is 10.6. The fraction of sp³-hybridized carbons (Fsp3) is 0.833. The van der Waals surface area contributed by atoms with E-state index in [1.165, 1.54) is 0 Å². The van der Waals surface area contributed by atoms with Crippen LogP contribution in [0.1, 0.15) is 76.6 Å². The zero-order chi connectivity index (χ0) is 12.0. The third-order valence-corrected chi connectivity index (χ3v) is 2.85. The number of nitrogens with two attached hydrogens (primary N) is 1. The lowest BCUT2D eigenvalue weighted by molar-refractivity contribution is 0.332. The van der Waals surface area contributed by atoms with E-state index in [-0.39, 0.29) is 6.04 Å². The molecule has 1 unspecified atom stereocenters. The highest BCUT2D eigenvalue weighted by Crippen LogP contribution is 2.25. The van der Waals surface area contributed by atoms with Crippen molar-refractivity contribution in [1.82, 2.24) is 10.1 Å². The molecule has 92 valence electrons. The Morgan fingerprint density at radius 3 is 2.31 bits per heavy atom. The molecule has 0 aliphatic heterocycles. The minimum atomic E-state index is -0.0959. The zero-order valence-corrected chi connectivity index (χ0v) is 10.6. The lowest BCUT2D eigenvalue weighted by atomic mass is 9.98. The van der Waals surface area contributed by atoms with Crippen LogP contribution < -0.4 is 5.73 Å². The number of aromatic nitrogens is 2. The van der Waals surface area contributed by atoms with Crippen molar-refractivity contribution in [3.8, 4) is 0 Å². The van der Waals surface area contributed by atoms with E-state index >= 15 is 0 Å². The molecule has 16 heavy (non-hydrogen) atoms. The first-order valence-corrected chi connectivity index (χ1v) is 6.31. The Morgan fingerprint density at radius 2 is 1.81 bits per heavy atom. The van der Waals surface area contributed by atoms with Crippen LogP contribution in [-0.2, 0) is 0 Å². The summed E-state index contributed by atoms with van der Waals surface area (Å²) in [5.74, 6) is 1.82. The second kappa shape index (κ2) is 6.63. The maximum atomic E-state index is 5.87. The predicted molar refractivity (Wildman–Crippen MR) is 64.1 cm³/mol. The van der Waals surface area contributed by atoms with Gasteiger partial charge in [-0.05, 0) is 19.3 Å². The highest BCUT2D eigenvalue weighted by Gasteiger charge is 2.19. The van der Waals surface area contributed by atoms with E-state index in [9.17, 15) is 0 Å². The maximum absolute atomic E-state index is 5.87. The van der Waals surface area contributed by atoms with Crippen molar-refractivity contribution in [2.24, 2.45) is 5.73 Å². The van der Waals surface area contributed by atoms with Crippen molar-refractivity contribution >= 4 is 0 Å². The lowest BCUT2D eigenvalue weighted by Crippen LogP contribution is -2.10. The van der Waals surface area contributed by atoms with Crippen molar-refractivity contribution in [3.05, 3.63) is 11.7 Å². The van der Waals surface area contributed by atoms with Gasteiger partial charge in [0, 0.05) is 5.92 Å². The van der Waals surface area contributed by atoms with Gasteiger partial charge in [0.2, 0.25) is 5.89 Å². The van der Waals surface area contributed by atoms with Crippen molar-refractivity contribution in [2.75, 3.05) is 0 Å². The van der Waals surface area contributed by atoms with Crippen LogP contribution in [0.2, 0.25) is 0 Å². The van der Waals surface area contributed by atoms with Crippen molar-refractivity contribution in [3.63, 3.8) is 0 Å². The van der Waals surface area contributed by atoms with Crippen molar-refractivity contribution < 1.29 is 4.52 Å². The van der Waals surface area contributed by atoms with E-state index in [0.717, 1.165) is 38.0 Å². The Bertz CT molecular complexity index is 292. The summed E-state index contributed by atoms with van der Waals surface area (Å²) in [6, 6.07) is -0.0959. The van der Waals surface area contributed by atoms with Crippen molar-refractivity contribution in [1.29, 1.82) is 0 Å². The van der Waals surface area contributed by atoms with E-state index < -0.39 is 0 Å². The maximum Gasteiger partial charge on any atom is 0.229 e. The van der Waals surface area contributed by atoms with Gasteiger partial charge >= 0.3 is 0 Å². The van der Waals surface area contributed by atoms with Gasteiger partial charge in [0.25, 0.3) is 0 Å². The Labute approximate surface area is 97.6 Å². The largest absolute Gasteiger partial charge is 0.339 e. The molecule has 1 rings (SSSR count). The van der Waals surface area contributed by atoms with Crippen LogP contribution in [0.4, 0.5) is 0 Å². The average Bonchev–Trinajstić information content (AvgIpc) is 2.77. The van der Waals surface area contributed by atoms with Gasteiger partial charge in [0.05, 0.1) is 6.04 Å². The van der Waals surface area contributed by atoms with Crippen LogP contribution in [-0.4, -0.2) is 10.1 Å². The molecule has 0 aromatic carbocycles. The first-order chi connectivity index (χ1) is 7.72. The van der Waals surface area contributed by atoms with Crippen LogP contribution in [0.15, 0.2) is 4.52 Å². The van der Waals surface area contributed by atoms with Gasteiger partial charge in [-0.3, -0.25) is 0 Å². The van der Waals surface area contributed by atoms with E-state index in [1.54, 1.807) is 0 Å². The van der Waals surface area contributed by atoms with Crippen LogP contribution in [0.3, 0.4) is 0 Å². The molecule has 0 spiro atoms. The van der Waals surface area contributed by atoms with Crippen LogP contribution in [0.5, 0.6) is 0 Å². The van der Waals surface area contributed by atoms with Gasteiger partial charge in [0.1, 0.15) is 0 Å². The molecule has 0 saturated carbocycles. The summed E-state index contributed by atoms with van der Waals surface area (Å²) in [5, 5.41) is 3.96. The summed E-state index contributed by atoms with van der Waals surface area (Å²) in [5.41, 5.74) is 5.87. The molecule has 4 nitrogen and oxygen atoms in total. The molecule has 0 fully saturated rings. The van der Waals surface area contributed by atoms with E-state index in [2.05, 4.69) is 24.0 Å². The first-order valence-electron chi connectivity index (χ1n) is 6.31. The Morgan fingerprint density at radius 1 is 1.19 bits per heavy atom. The molecule has 4 heteroatoms. The Kier molecular flexibility index (Phi) is 5.46. The topological polar surface area (TPSA) is 64.9 Å². The third kappa shape index (κ3) is 3.30. The molecule has 1 atom stereocenters. The molecule has 2 N–H and O–H groups in total. The first kappa shape index (κ1) is 13.2. The van der Waals surface area contributed by atoms with Gasteiger partial charge in [-0.1, -0.05) is 38.8 Å². The number of hydrogen-bond acceptors (Lipinski definition) is 4. The minimum absolute atomic E-state index is 0.0959. The standard InChI is InChI=1S/C12H23N3O/c1-4-7-9(8-5-2)12-14-11(15-16-12)10(13)6-3/h9-10H,4-8,13H2,1-3H3.